The Morgan fingerprint density at radius 2 is 1.96 bits per heavy atom. The highest BCUT2D eigenvalue weighted by Gasteiger charge is 2.06. The highest BCUT2D eigenvalue weighted by atomic mass is 35.5. The van der Waals surface area contributed by atoms with Gasteiger partial charge in [-0.3, -0.25) is 9.79 Å². The lowest BCUT2D eigenvalue weighted by molar-refractivity contribution is -0.119. The third-order valence-corrected chi connectivity index (χ3v) is 3.56. The number of amides is 1. The monoisotopic (exact) mass is 352 g/mol. The third kappa shape index (κ3) is 4.87. The standard InChI is InChI=1S/C16H14Cl2N2O3/c1-22-15-6-10(2-5-14(15)23-9-16(19)21)8-20-11-3-4-12(17)13(18)7-11/h2-8H,9H2,1H3,(H2,19,21). The minimum atomic E-state index is -0.558. The van der Waals surface area contributed by atoms with Crippen LogP contribution in [0.15, 0.2) is 41.4 Å². The molecule has 0 aliphatic rings. The van der Waals surface area contributed by atoms with Crippen molar-refractivity contribution in [3.63, 3.8) is 0 Å². The highest BCUT2D eigenvalue weighted by molar-refractivity contribution is 6.42. The van der Waals surface area contributed by atoms with Gasteiger partial charge in [0.05, 0.1) is 22.8 Å². The molecule has 0 heterocycles. The summed E-state index contributed by atoms with van der Waals surface area (Å²) in [6.45, 7) is -0.215. The van der Waals surface area contributed by atoms with Crippen molar-refractivity contribution in [3.05, 3.63) is 52.0 Å². The largest absolute Gasteiger partial charge is 0.493 e. The minimum absolute atomic E-state index is 0.215. The number of halogens is 2. The number of benzene rings is 2. The number of carbonyl (C=O) groups excluding carboxylic acids is 1. The summed E-state index contributed by atoms with van der Waals surface area (Å²) in [7, 11) is 1.51. The van der Waals surface area contributed by atoms with E-state index in [0.29, 0.717) is 27.2 Å². The summed E-state index contributed by atoms with van der Waals surface area (Å²) in [5, 5.41) is 0.914. The lowest BCUT2D eigenvalue weighted by atomic mass is 10.2. The Kier molecular flexibility index (Phi) is 5.84. The molecule has 2 aromatic carbocycles. The first-order chi connectivity index (χ1) is 11.0. The zero-order valence-corrected chi connectivity index (χ0v) is 13.8. The molecule has 23 heavy (non-hydrogen) atoms. The van der Waals surface area contributed by atoms with Crippen molar-refractivity contribution in [2.75, 3.05) is 13.7 Å². The molecule has 0 spiro atoms. The summed E-state index contributed by atoms with van der Waals surface area (Å²) in [6, 6.07) is 10.3. The number of methoxy groups -OCH3 is 1. The molecule has 2 aromatic rings. The average molecular weight is 353 g/mol. The number of hydrogen-bond donors (Lipinski definition) is 1. The first-order valence-corrected chi connectivity index (χ1v) is 7.33. The Morgan fingerprint density at radius 1 is 1.17 bits per heavy atom. The third-order valence-electron chi connectivity index (χ3n) is 2.82. The van der Waals surface area contributed by atoms with Gasteiger partial charge in [-0.1, -0.05) is 23.2 Å². The predicted octanol–water partition coefficient (Wildman–Crippen LogP) is 3.62. The first-order valence-electron chi connectivity index (χ1n) is 6.58. The van der Waals surface area contributed by atoms with Gasteiger partial charge >= 0.3 is 0 Å². The number of rotatable bonds is 6. The Morgan fingerprint density at radius 3 is 2.61 bits per heavy atom. The lowest BCUT2D eigenvalue weighted by Crippen LogP contribution is -2.20. The van der Waals surface area contributed by atoms with Gasteiger partial charge in [-0.25, -0.2) is 0 Å². The van der Waals surface area contributed by atoms with Crippen LogP contribution in [-0.4, -0.2) is 25.8 Å². The van der Waals surface area contributed by atoms with Crippen LogP contribution >= 0.6 is 23.2 Å². The summed E-state index contributed by atoms with van der Waals surface area (Å²) in [6.07, 6.45) is 1.65. The van der Waals surface area contributed by atoms with Crippen molar-refractivity contribution in [1.82, 2.24) is 0 Å². The van der Waals surface area contributed by atoms with Crippen molar-refractivity contribution in [2.45, 2.75) is 0 Å². The fourth-order valence-electron chi connectivity index (χ4n) is 1.75. The first kappa shape index (κ1) is 17.1. The van der Waals surface area contributed by atoms with E-state index in [9.17, 15) is 4.79 Å². The molecule has 0 saturated heterocycles. The molecule has 1 amide bonds. The van der Waals surface area contributed by atoms with E-state index in [-0.39, 0.29) is 6.61 Å². The second-order valence-corrected chi connectivity index (χ2v) is 5.34. The SMILES string of the molecule is COc1cc(C=Nc2ccc(Cl)c(Cl)c2)ccc1OCC(N)=O. The maximum absolute atomic E-state index is 10.8. The highest BCUT2D eigenvalue weighted by Crippen LogP contribution is 2.29. The van der Waals surface area contributed by atoms with Gasteiger partial charge in [0.1, 0.15) is 0 Å². The van der Waals surface area contributed by atoms with Crippen molar-refractivity contribution >= 4 is 41.0 Å². The van der Waals surface area contributed by atoms with Crippen molar-refractivity contribution < 1.29 is 14.3 Å². The fourth-order valence-corrected chi connectivity index (χ4v) is 2.04. The maximum atomic E-state index is 10.8. The average Bonchev–Trinajstić information content (AvgIpc) is 2.54. The summed E-state index contributed by atoms with van der Waals surface area (Å²) >= 11 is 11.8. The van der Waals surface area contributed by atoms with Crippen molar-refractivity contribution in [2.24, 2.45) is 10.7 Å². The van der Waals surface area contributed by atoms with E-state index in [1.165, 1.54) is 7.11 Å². The molecule has 2 N–H and O–H groups in total. The molecule has 0 atom stereocenters. The number of primary amides is 1. The molecule has 0 aromatic heterocycles. The van der Waals surface area contributed by atoms with Crippen molar-refractivity contribution in [1.29, 1.82) is 0 Å². The van der Waals surface area contributed by atoms with Gasteiger partial charge in [0, 0.05) is 6.21 Å². The molecular formula is C16H14Cl2N2O3. The Bertz CT molecular complexity index is 748. The molecule has 120 valence electrons. The normalized spacial score (nSPS) is 10.7. The van der Waals surface area contributed by atoms with E-state index in [4.69, 9.17) is 38.4 Å². The Balaban J connectivity index is 2.18. The van der Waals surface area contributed by atoms with E-state index in [1.807, 2.05) is 0 Å². The molecule has 0 aliphatic carbocycles. The van der Waals surface area contributed by atoms with Crippen LogP contribution in [0.25, 0.3) is 0 Å². The van der Waals surface area contributed by atoms with E-state index < -0.39 is 5.91 Å². The minimum Gasteiger partial charge on any atom is -0.493 e. The fraction of sp³-hybridized carbons (Fsp3) is 0.125. The summed E-state index contributed by atoms with van der Waals surface area (Å²) < 4.78 is 10.5. The lowest BCUT2D eigenvalue weighted by Gasteiger charge is -2.09. The van der Waals surface area contributed by atoms with E-state index in [1.54, 1.807) is 42.6 Å². The maximum Gasteiger partial charge on any atom is 0.255 e. The zero-order valence-electron chi connectivity index (χ0n) is 12.3. The second kappa shape index (κ2) is 7.85. The second-order valence-electron chi connectivity index (χ2n) is 4.52. The summed E-state index contributed by atoms with van der Waals surface area (Å²) in [5.74, 6) is 0.347. The number of ether oxygens (including phenoxy) is 2. The van der Waals surface area contributed by atoms with Gasteiger partial charge in [0.2, 0.25) is 0 Å². The van der Waals surface area contributed by atoms with Gasteiger partial charge in [0.15, 0.2) is 18.1 Å². The molecule has 7 heteroatoms. The molecule has 0 saturated carbocycles. The van der Waals surface area contributed by atoms with Gasteiger partial charge in [-0.2, -0.15) is 0 Å². The summed E-state index contributed by atoms with van der Waals surface area (Å²) in [4.78, 5) is 15.1. The number of carbonyl (C=O) groups is 1. The van der Waals surface area contributed by atoms with Crippen LogP contribution < -0.4 is 15.2 Å². The molecule has 0 radical (unpaired) electrons. The Hall–Kier alpha value is -2.24. The number of nitrogens with zero attached hydrogens (tertiary/aromatic N) is 1. The van der Waals surface area contributed by atoms with Crippen LogP contribution in [0.4, 0.5) is 5.69 Å². The van der Waals surface area contributed by atoms with Crippen molar-refractivity contribution in [3.8, 4) is 11.5 Å². The van der Waals surface area contributed by atoms with E-state index in [0.717, 1.165) is 5.56 Å². The van der Waals surface area contributed by atoms with Crippen LogP contribution in [0.2, 0.25) is 10.0 Å². The van der Waals surface area contributed by atoms with E-state index in [2.05, 4.69) is 4.99 Å². The molecule has 5 nitrogen and oxygen atoms in total. The topological polar surface area (TPSA) is 73.9 Å². The van der Waals surface area contributed by atoms with E-state index >= 15 is 0 Å². The predicted molar refractivity (Wildman–Crippen MR) is 91.4 cm³/mol. The van der Waals surface area contributed by atoms with Crippen LogP contribution in [0.5, 0.6) is 11.5 Å². The summed E-state index contributed by atoms with van der Waals surface area (Å²) in [5.41, 5.74) is 6.52. The van der Waals surface area contributed by atoms with Gasteiger partial charge < -0.3 is 15.2 Å². The molecule has 2 rings (SSSR count). The zero-order chi connectivity index (χ0) is 16.8. The van der Waals surface area contributed by atoms with Gasteiger partial charge in [0.25, 0.3) is 5.91 Å². The number of aliphatic imine (C=N–C) groups is 1. The molecule has 0 aliphatic heterocycles. The smallest absolute Gasteiger partial charge is 0.255 e. The van der Waals surface area contributed by atoms with Gasteiger partial charge in [-0.05, 0) is 42.0 Å². The molecule has 0 unspecified atom stereocenters. The van der Waals surface area contributed by atoms with Crippen LogP contribution in [0.3, 0.4) is 0 Å². The number of hydrogen-bond acceptors (Lipinski definition) is 4. The van der Waals surface area contributed by atoms with Crippen LogP contribution in [-0.2, 0) is 4.79 Å². The van der Waals surface area contributed by atoms with Crippen LogP contribution in [0, 0.1) is 0 Å². The molecule has 0 bridgehead atoms. The quantitative estimate of drug-likeness (QED) is 0.806. The Labute approximate surface area is 143 Å². The number of nitrogens with two attached hydrogens (primary N) is 1. The van der Waals surface area contributed by atoms with Gasteiger partial charge in [-0.15, -0.1) is 0 Å². The molecule has 0 fully saturated rings. The van der Waals surface area contributed by atoms with Crippen LogP contribution in [0.1, 0.15) is 5.56 Å². The molecular weight excluding hydrogens is 339 g/mol.